The molecule has 0 saturated carbocycles. The van der Waals surface area contributed by atoms with Gasteiger partial charge in [-0.15, -0.1) is 0 Å². The van der Waals surface area contributed by atoms with Gasteiger partial charge in [0.25, 0.3) is 0 Å². The van der Waals surface area contributed by atoms with E-state index >= 15 is 0 Å². The number of amides is 1. The summed E-state index contributed by atoms with van der Waals surface area (Å²) in [5, 5.41) is 6.52. The number of nitrogens with one attached hydrogen (secondary N) is 1. The highest BCUT2D eigenvalue weighted by atomic mass is 16.5. The van der Waals surface area contributed by atoms with Crippen molar-refractivity contribution in [1.82, 2.24) is 15.5 Å². The topological polar surface area (TPSA) is 94.3 Å². The number of carbonyl (C=O) groups excluding carboxylic acids is 2. The molecular weight excluding hydrogens is 346 g/mol. The molecule has 0 saturated heterocycles. The highest BCUT2D eigenvalue weighted by Gasteiger charge is 2.11. The van der Waals surface area contributed by atoms with Gasteiger partial charge in [-0.1, -0.05) is 36.0 Å². The van der Waals surface area contributed by atoms with E-state index in [0.717, 1.165) is 5.56 Å². The Labute approximate surface area is 155 Å². The number of rotatable bonds is 6. The van der Waals surface area contributed by atoms with Gasteiger partial charge in [0.05, 0.1) is 5.56 Å². The minimum Gasteiger partial charge on any atom is -0.423 e. The summed E-state index contributed by atoms with van der Waals surface area (Å²) in [5.41, 5.74) is 1.94. The summed E-state index contributed by atoms with van der Waals surface area (Å²) < 4.78 is 10.4. The molecule has 0 aliphatic carbocycles. The van der Waals surface area contributed by atoms with E-state index in [2.05, 4.69) is 22.0 Å². The summed E-state index contributed by atoms with van der Waals surface area (Å²) in [4.78, 5) is 27.7. The first kappa shape index (κ1) is 18.1. The highest BCUT2D eigenvalue weighted by molar-refractivity contribution is 5.91. The molecule has 0 aliphatic heterocycles. The van der Waals surface area contributed by atoms with Gasteiger partial charge in [0.2, 0.25) is 17.6 Å². The zero-order chi connectivity index (χ0) is 19.2. The number of hydrogen-bond donors (Lipinski definition) is 1. The van der Waals surface area contributed by atoms with Gasteiger partial charge >= 0.3 is 5.97 Å². The van der Waals surface area contributed by atoms with Crippen molar-refractivity contribution in [3.63, 3.8) is 0 Å². The third-order valence-electron chi connectivity index (χ3n) is 3.67. The molecule has 0 fully saturated rings. The van der Waals surface area contributed by atoms with Crippen LogP contribution >= 0.6 is 0 Å². The van der Waals surface area contributed by atoms with Crippen molar-refractivity contribution >= 4 is 11.9 Å². The van der Waals surface area contributed by atoms with Crippen LogP contribution in [0.5, 0.6) is 5.75 Å². The molecule has 0 atom stereocenters. The zero-order valence-electron chi connectivity index (χ0n) is 14.6. The minimum absolute atomic E-state index is 0.254. The number of aromatic nitrogens is 2. The van der Waals surface area contributed by atoms with Crippen molar-refractivity contribution in [1.29, 1.82) is 0 Å². The van der Waals surface area contributed by atoms with Crippen LogP contribution in [-0.2, 0) is 11.3 Å². The van der Waals surface area contributed by atoms with E-state index in [4.69, 9.17) is 9.26 Å². The molecule has 7 heteroatoms. The lowest BCUT2D eigenvalue weighted by Gasteiger charge is -2.07. The summed E-state index contributed by atoms with van der Waals surface area (Å²) in [6.45, 7) is 5.45. The number of ether oxygens (including phenoxy) is 1. The normalized spacial score (nSPS) is 10.3. The van der Waals surface area contributed by atoms with Crippen LogP contribution in [0.3, 0.4) is 0 Å². The summed E-state index contributed by atoms with van der Waals surface area (Å²) >= 11 is 0. The Hall–Kier alpha value is -3.74. The number of nitrogens with zero attached hydrogens (tertiary/aromatic N) is 2. The van der Waals surface area contributed by atoms with Gasteiger partial charge in [-0.3, -0.25) is 4.79 Å². The molecule has 0 unspecified atom stereocenters. The summed E-state index contributed by atoms with van der Waals surface area (Å²) in [6, 6.07) is 13.7. The molecular formula is C20H17N3O4. The van der Waals surface area contributed by atoms with Gasteiger partial charge in [-0.2, -0.15) is 4.98 Å². The Morgan fingerprint density at radius 1 is 1.22 bits per heavy atom. The lowest BCUT2D eigenvalue weighted by molar-refractivity contribution is -0.116. The third-order valence-corrected chi connectivity index (χ3v) is 3.67. The van der Waals surface area contributed by atoms with Crippen molar-refractivity contribution in [2.45, 2.75) is 13.5 Å². The average molecular weight is 363 g/mol. The molecule has 0 bridgehead atoms. The Morgan fingerprint density at radius 3 is 2.67 bits per heavy atom. The van der Waals surface area contributed by atoms with E-state index in [1.165, 1.54) is 6.08 Å². The van der Waals surface area contributed by atoms with E-state index in [1.807, 2.05) is 0 Å². The molecule has 3 aromatic rings. The monoisotopic (exact) mass is 363 g/mol. The SMILES string of the molecule is C=CC(=O)NCc1ccc(C(=O)Oc2cccc(-c3noc(C)n3)c2)cc1. The standard InChI is InChI=1S/C20H17N3O4/c1-3-18(24)21-12-14-7-9-15(10-8-14)20(25)26-17-6-4-5-16(11-17)19-22-13(2)27-23-19/h3-11H,1,12H2,2H3,(H,21,24). The largest absolute Gasteiger partial charge is 0.423 e. The van der Waals surface area contributed by atoms with Crippen LogP contribution in [0.25, 0.3) is 11.4 Å². The van der Waals surface area contributed by atoms with Crippen molar-refractivity contribution in [2.75, 3.05) is 0 Å². The number of carbonyl (C=O) groups is 2. The Bertz CT molecular complexity index is 977. The molecule has 2 aromatic carbocycles. The van der Waals surface area contributed by atoms with Crippen LogP contribution in [0.15, 0.2) is 65.7 Å². The fourth-order valence-corrected chi connectivity index (χ4v) is 2.30. The third kappa shape index (κ3) is 4.66. The first-order valence-corrected chi connectivity index (χ1v) is 8.17. The molecule has 1 N–H and O–H groups in total. The van der Waals surface area contributed by atoms with Crippen molar-refractivity contribution in [2.24, 2.45) is 0 Å². The lowest BCUT2D eigenvalue weighted by atomic mass is 10.1. The number of hydrogen-bond acceptors (Lipinski definition) is 6. The van der Waals surface area contributed by atoms with Gasteiger partial charge in [-0.05, 0) is 35.9 Å². The maximum Gasteiger partial charge on any atom is 0.343 e. The van der Waals surface area contributed by atoms with Gasteiger partial charge in [0.1, 0.15) is 5.75 Å². The van der Waals surface area contributed by atoms with E-state index in [0.29, 0.717) is 35.1 Å². The molecule has 27 heavy (non-hydrogen) atoms. The second-order valence-electron chi connectivity index (χ2n) is 5.67. The molecule has 136 valence electrons. The van der Waals surface area contributed by atoms with Gasteiger partial charge in [0.15, 0.2) is 0 Å². The van der Waals surface area contributed by atoms with E-state index in [-0.39, 0.29) is 5.91 Å². The lowest BCUT2D eigenvalue weighted by Crippen LogP contribution is -2.20. The average Bonchev–Trinajstić information content (AvgIpc) is 3.13. The van der Waals surface area contributed by atoms with E-state index in [9.17, 15) is 9.59 Å². The predicted octanol–water partition coefficient (Wildman–Crippen LogP) is 3.07. The summed E-state index contributed by atoms with van der Waals surface area (Å²) in [7, 11) is 0. The summed E-state index contributed by atoms with van der Waals surface area (Å²) in [5.74, 6) is 0.517. The molecule has 1 heterocycles. The molecule has 1 amide bonds. The molecule has 0 aliphatic rings. The smallest absolute Gasteiger partial charge is 0.343 e. The highest BCUT2D eigenvalue weighted by Crippen LogP contribution is 2.22. The Morgan fingerprint density at radius 2 is 2.00 bits per heavy atom. The van der Waals surface area contributed by atoms with Crippen molar-refractivity contribution < 1.29 is 18.8 Å². The number of benzene rings is 2. The minimum atomic E-state index is -0.488. The Balaban J connectivity index is 1.66. The van der Waals surface area contributed by atoms with Crippen molar-refractivity contribution in [3.8, 4) is 17.1 Å². The van der Waals surface area contributed by atoms with Gasteiger partial charge in [0, 0.05) is 19.0 Å². The molecule has 0 radical (unpaired) electrons. The fourth-order valence-electron chi connectivity index (χ4n) is 2.30. The maximum absolute atomic E-state index is 12.3. The molecule has 0 spiro atoms. The predicted molar refractivity (Wildman–Crippen MR) is 97.9 cm³/mol. The van der Waals surface area contributed by atoms with Gasteiger partial charge in [-0.25, -0.2) is 4.79 Å². The number of esters is 1. The fraction of sp³-hybridized carbons (Fsp3) is 0.100. The van der Waals surface area contributed by atoms with Crippen molar-refractivity contribution in [3.05, 3.63) is 78.2 Å². The second kappa shape index (κ2) is 8.09. The van der Waals surface area contributed by atoms with Crippen LogP contribution in [0.1, 0.15) is 21.8 Å². The van der Waals surface area contributed by atoms with Crippen LogP contribution in [0, 0.1) is 6.92 Å². The van der Waals surface area contributed by atoms with Crippen LogP contribution in [0.4, 0.5) is 0 Å². The molecule has 3 rings (SSSR count). The van der Waals surface area contributed by atoms with Crippen LogP contribution in [0.2, 0.25) is 0 Å². The molecule has 7 nitrogen and oxygen atoms in total. The quantitative estimate of drug-likeness (QED) is 0.411. The zero-order valence-corrected chi connectivity index (χ0v) is 14.6. The summed E-state index contributed by atoms with van der Waals surface area (Å²) in [6.07, 6.45) is 1.20. The van der Waals surface area contributed by atoms with Crippen LogP contribution in [-0.4, -0.2) is 22.0 Å². The molecule has 1 aromatic heterocycles. The first-order chi connectivity index (χ1) is 13.0. The van der Waals surface area contributed by atoms with Crippen LogP contribution < -0.4 is 10.1 Å². The van der Waals surface area contributed by atoms with E-state index in [1.54, 1.807) is 55.5 Å². The number of aryl methyl sites for hydroxylation is 1. The maximum atomic E-state index is 12.3. The van der Waals surface area contributed by atoms with Gasteiger partial charge < -0.3 is 14.6 Å². The second-order valence-corrected chi connectivity index (χ2v) is 5.67. The first-order valence-electron chi connectivity index (χ1n) is 8.17. The Kier molecular flexibility index (Phi) is 5.41. The van der Waals surface area contributed by atoms with E-state index < -0.39 is 5.97 Å².